The zero-order valence-electron chi connectivity index (χ0n) is 26.0. The van der Waals surface area contributed by atoms with Crippen molar-refractivity contribution in [2.75, 3.05) is 43.9 Å². The number of benzene rings is 1. The van der Waals surface area contributed by atoms with Crippen LogP contribution in [0.5, 0.6) is 6.01 Å². The number of fused-ring (bicyclic) bond motifs is 3. The lowest BCUT2D eigenvalue weighted by Crippen LogP contribution is -2.44. The predicted octanol–water partition coefficient (Wildman–Crippen LogP) is 5.88. The van der Waals surface area contributed by atoms with Crippen LogP contribution < -0.4 is 15.4 Å². The molecule has 0 aliphatic carbocycles. The van der Waals surface area contributed by atoms with Crippen molar-refractivity contribution in [1.82, 2.24) is 24.8 Å². The molecule has 3 aliphatic heterocycles. The predicted molar refractivity (Wildman–Crippen MR) is 175 cm³/mol. The van der Waals surface area contributed by atoms with E-state index in [4.69, 9.17) is 22.0 Å². The molecule has 14 heteroatoms. The molecule has 3 aromatic heterocycles. The molecule has 3 saturated heterocycles. The van der Waals surface area contributed by atoms with E-state index in [1.54, 1.807) is 4.90 Å². The van der Waals surface area contributed by atoms with Crippen LogP contribution in [-0.4, -0.2) is 87.7 Å². The number of thiophene rings is 1. The monoisotopic (exact) mass is 662 g/mol. The minimum Gasteiger partial charge on any atom is -0.461 e. The standard InChI is InChI=1S/C33H33F3N8O2S/c1-5-23(45)44-12-9-22(17(44)2)42(4)31-20-14-39-26(19-7-8-21(35)29-24(19)28(38-3)30(37)47-29)25(36)27(20)40-32(41-31)46-16-33-10-6-11-43(33)15-18(34)13-33/h5,7-8,14,17-18,22H,1,6,9-13,15-16,37H2,2,4H3. The van der Waals surface area contributed by atoms with Gasteiger partial charge in [-0.2, -0.15) is 9.97 Å². The Balaban J connectivity index is 1.35. The van der Waals surface area contributed by atoms with E-state index in [9.17, 15) is 13.6 Å². The summed E-state index contributed by atoms with van der Waals surface area (Å²) in [5.41, 5.74) is 5.60. The third-order valence-electron chi connectivity index (χ3n) is 10.0. The summed E-state index contributed by atoms with van der Waals surface area (Å²) in [6.07, 6.45) is 4.48. The number of pyridine rings is 1. The van der Waals surface area contributed by atoms with Gasteiger partial charge in [0.2, 0.25) is 11.6 Å². The molecule has 3 aliphatic rings. The minimum absolute atomic E-state index is 0.0323. The van der Waals surface area contributed by atoms with Crippen molar-refractivity contribution in [3.8, 4) is 17.3 Å². The van der Waals surface area contributed by atoms with Crippen LogP contribution in [0.3, 0.4) is 0 Å². The van der Waals surface area contributed by atoms with Crippen molar-refractivity contribution >= 4 is 54.7 Å². The number of alkyl halides is 1. The van der Waals surface area contributed by atoms with Gasteiger partial charge < -0.3 is 20.3 Å². The lowest BCUT2D eigenvalue weighted by molar-refractivity contribution is -0.126. The molecule has 3 fully saturated rings. The largest absolute Gasteiger partial charge is 0.461 e. The molecule has 4 atom stereocenters. The van der Waals surface area contributed by atoms with Gasteiger partial charge in [0.25, 0.3) is 0 Å². The molecule has 4 unspecified atom stereocenters. The molecule has 10 nitrogen and oxygen atoms in total. The molecule has 1 aromatic carbocycles. The van der Waals surface area contributed by atoms with Crippen molar-refractivity contribution in [2.24, 2.45) is 0 Å². The molecule has 6 heterocycles. The van der Waals surface area contributed by atoms with Crippen molar-refractivity contribution in [3.63, 3.8) is 0 Å². The fourth-order valence-corrected chi connectivity index (χ4v) is 8.64. The molecule has 2 N–H and O–H groups in total. The molecule has 0 bridgehead atoms. The Hall–Kier alpha value is -4.48. The summed E-state index contributed by atoms with van der Waals surface area (Å²) < 4.78 is 52.4. The van der Waals surface area contributed by atoms with Gasteiger partial charge >= 0.3 is 6.01 Å². The Labute approximate surface area is 273 Å². The quantitative estimate of drug-likeness (QED) is 0.193. The summed E-state index contributed by atoms with van der Waals surface area (Å²) in [6, 6.07) is 2.13. The first-order valence-electron chi connectivity index (χ1n) is 15.5. The number of likely N-dealkylation sites (N-methyl/N-ethyl adjacent to an activating group) is 1. The topological polar surface area (TPSA) is 105 Å². The first-order chi connectivity index (χ1) is 22.6. The van der Waals surface area contributed by atoms with Gasteiger partial charge in [0, 0.05) is 49.7 Å². The molecule has 0 spiro atoms. The summed E-state index contributed by atoms with van der Waals surface area (Å²) >= 11 is 0.922. The van der Waals surface area contributed by atoms with Crippen LogP contribution in [0.2, 0.25) is 0 Å². The zero-order chi connectivity index (χ0) is 33.2. The van der Waals surface area contributed by atoms with E-state index in [1.807, 2.05) is 18.9 Å². The maximum absolute atomic E-state index is 16.8. The second-order valence-corrected chi connectivity index (χ2v) is 13.6. The summed E-state index contributed by atoms with van der Waals surface area (Å²) in [5.74, 6) is -1.19. The van der Waals surface area contributed by atoms with Gasteiger partial charge in [0.1, 0.15) is 35.6 Å². The van der Waals surface area contributed by atoms with Gasteiger partial charge in [-0.05, 0) is 44.9 Å². The van der Waals surface area contributed by atoms with Crippen LogP contribution in [0.15, 0.2) is 31.0 Å². The van der Waals surface area contributed by atoms with Crippen molar-refractivity contribution < 1.29 is 22.7 Å². The molecule has 0 radical (unpaired) electrons. The summed E-state index contributed by atoms with van der Waals surface area (Å²) in [6.45, 7) is 15.0. The van der Waals surface area contributed by atoms with Crippen molar-refractivity contribution in [1.29, 1.82) is 0 Å². The van der Waals surface area contributed by atoms with E-state index < -0.39 is 23.3 Å². The smallest absolute Gasteiger partial charge is 0.319 e. The van der Waals surface area contributed by atoms with Crippen LogP contribution >= 0.6 is 11.3 Å². The highest BCUT2D eigenvalue weighted by Crippen LogP contribution is 2.47. The second kappa shape index (κ2) is 11.6. The van der Waals surface area contributed by atoms with Gasteiger partial charge in [0.05, 0.1) is 33.2 Å². The lowest BCUT2D eigenvalue weighted by Gasteiger charge is -2.32. The average molecular weight is 663 g/mol. The first kappa shape index (κ1) is 31.1. The number of halogens is 3. The number of hydrogen-bond donors (Lipinski definition) is 1. The molecule has 7 rings (SSSR count). The number of carbonyl (C=O) groups is 1. The Bertz CT molecular complexity index is 1980. The Morgan fingerprint density at radius 3 is 2.91 bits per heavy atom. The zero-order valence-corrected chi connectivity index (χ0v) is 26.8. The molecule has 47 heavy (non-hydrogen) atoms. The Morgan fingerprint density at radius 1 is 1.34 bits per heavy atom. The highest BCUT2D eigenvalue weighted by atomic mass is 32.1. The van der Waals surface area contributed by atoms with Crippen LogP contribution in [0.25, 0.3) is 37.1 Å². The number of nitrogen functional groups attached to an aromatic ring is 1. The number of nitrogens with zero attached hydrogens (tertiary/aromatic N) is 7. The number of hydrogen-bond acceptors (Lipinski definition) is 9. The van der Waals surface area contributed by atoms with E-state index in [0.717, 1.165) is 30.7 Å². The number of ether oxygens (including phenoxy) is 1. The summed E-state index contributed by atoms with van der Waals surface area (Å²) in [7, 11) is 1.82. The lowest BCUT2D eigenvalue weighted by atomic mass is 9.95. The second-order valence-electron chi connectivity index (χ2n) is 12.5. The average Bonchev–Trinajstić information content (AvgIpc) is 3.80. The highest BCUT2D eigenvalue weighted by molar-refractivity contribution is 7.23. The van der Waals surface area contributed by atoms with E-state index in [2.05, 4.69) is 26.3 Å². The molecule has 1 amide bonds. The Kier molecular flexibility index (Phi) is 7.71. The maximum atomic E-state index is 16.8. The number of anilines is 2. The number of nitrogens with two attached hydrogens (primary N) is 1. The van der Waals surface area contributed by atoms with Gasteiger partial charge in [-0.1, -0.05) is 12.6 Å². The van der Waals surface area contributed by atoms with E-state index in [0.29, 0.717) is 37.1 Å². The van der Waals surface area contributed by atoms with Crippen LogP contribution in [0.4, 0.5) is 29.7 Å². The first-order valence-corrected chi connectivity index (χ1v) is 16.3. The number of amides is 1. The van der Waals surface area contributed by atoms with Crippen LogP contribution in [0, 0.1) is 18.2 Å². The van der Waals surface area contributed by atoms with E-state index >= 15 is 4.39 Å². The highest BCUT2D eigenvalue weighted by Gasteiger charge is 2.49. The van der Waals surface area contributed by atoms with Gasteiger partial charge in [-0.15, -0.1) is 11.3 Å². The van der Waals surface area contributed by atoms with E-state index in [-0.39, 0.29) is 68.2 Å². The molecule has 0 saturated carbocycles. The van der Waals surface area contributed by atoms with E-state index in [1.165, 1.54) is 24.4 Å². The number of likely N-dealkylation sites (tertiary alicyclic amines) is 1. The van der Waals surface area contributed by atoms with Crippen LogP contribution in [-0.2, 0) is 4.79 Å². The van der Waals surface area contributed by atoms with Gasteiger partial charge in [-0.25, -0.2) is 18.0 Å². The van der Waals surface area contributed by atoms with Crippen molar-refractivity contribution in [2.45, 2.75) is 56.4 Å². The fraction of sp³-hybridized carbons (Fsp3) is 0.424. The van der Waals surface area contributed by atoms with Gasteiger partial charge in [-0.3, -0.25) is 14.7 Å². The van der Waals surface area contributed by atoms with Gasteiger partial charge in [0.15, 0.2) is 5.82 Å². The minimum atomic E-state index is -0.951. The maximum Gasteiger partial charge on any atom is 0.319 e. The van der Waals surface area contributed by atoms with Crippen LogP contribution in [0.1, 0.15) is 32.6 Å². The third-order valence-corrected chi connectivity index (χ3v) is 11.1. The summed E-state index contributed by atoms with van der Waals surface area (Å²) in [5, 5.41) is 0.618. The molecular formula is C33H33F3N8O2S. The SMILES string of the molecule is [C-]#[N+]c1c(N)sc2c(F)ccc(-c3ncc4c(N(C)C5CCN(C(=O)C=C)C5C)nc(OCC56CCCN5CC(F)C6)nc4c3F)c12. The number of carbonyl (C=O) groups excluding carboxylic acids is 1. The van der Waals surface area contributed by atoms with Crippen molar-refractivity contribution in [3.05, 3.63) is 54.0 Å². The fourth-order valence-electron chi connectivity index (χ4n) is 7.70. The molecule has 4 aromatic rings. The normalized spacial score (nSPS) is 24.2. The molecule has 244 valence electrons. The number of aromatic nitrogens is 3. The Morgan fingerprint density at radius 2 is 2.15 bits per heavy atom. The summed E-state index contributed by atoms with van der Waals surface area (Å²) in [4.78, 5) is 35.5. The molecular weight excluding hydrogens is 629 g/mol. The number of rotatable bonds is 7. The third kappa shape index (κ3) is 4.94.